The van der Waals surface area contributed by atoms with Crippen molar-refractivity contribution in [2.75, 3.05) is 5.32 Å². The Balaban J connectivity index is 1.92. The zero-order valence-electron chi connectivity index (χ0n) is 11.5. The van der Waals surface area contributed by atoms with Crippen LogP contribution in [0.5, 0.6) is 0 Å². The van der Waals surface area contributed by atoms with Gasteiger partial charge in [0, 0.05) is 6.20 Å². The minimum Gasteiger partial charge on any atom is -0.370 e. The third-order valence-corrected chi connectivity index (χ3v) is 3.59. The molecule has 21 heavy (non-hydrogen) atoms. The second-order valence-electron chi connectivity index (χ2n) is 5.09. The number of aryl methyl sites for hydroxylation is 1. The molecule has 3 heterocycles. The maximum atomic E-state index is 5.93. The highest BCUT2D eigenvalue weighted by molar-refractivity contribution is 6.00. The second kappa shape index (κ2) is 4.31. The highest BCUT2D eigenvalue weighted by atomic mass is 15.4. The molecule has 0 spiro atoms. The average molecular weight is 278 g/mol. The molecule has 0 saturated heterocycles. The van der Waals surface area contributed by atoms with E-state index in [4.69, 9.17) is 5.73 Å². The Labute approximate surface area is 121 Å². The van der Waals surface area contributed by atoms with E-state index in [1.54, 1.807) is 6.20 Å². The molecule has 1 unspecified atom stereocenters. The van der Waals surface area contributed by atoms with Gasteiger partial charge in [-0.05, 0) is 24.6 Å². The number of aliphatic imine (C=N–C) groups is 1. The molecule has 4 rings (SSSR count). The Kier molecular flexibility index (Phi) is 2.44. The molecule has 3 aromatic rings. The van der Waals surface area contributed by atoms with Crippen LogP contribution in [0.2, 0.25) is 0 Å². The molecule has 0 bridgehead atoms. The van der Waals surface area contributed by atoms with Crippen LogP contribution in [-0.2, 0) is 0 Å². The van der Waals surface area contributed by atoms with Crippen LogP contribution in [0.15, 0.2) is 47.6 Å². The zero-order valence-corrected chi connectivity index (χ0v) is 11.5. The fraction of sp³-hybridized carbons (Fsp3) is 0.133. The summed E-state index contributed by atoms with van der Waals surface area (Å²) in [5.41, 5.74) is 8.86. The minimum absolute atomic E-state index is 0.268. The van der Waals surface area contributed by atoms with Gasteiger partial charge in [-0.1, -0.05) is 29.8 Å². The van der Waals surface area contributed by atoms with Crippen molar-refractivity contribution in [1.29, 1.82) is 0 Å². The van der Waals surface area contributed by atoms with E-state index in [2.05, 4.69) is 39.4 Å². The predicted molar refractivity (Wildman–Crippen MR) is 82.1 cm³/mol. The summed E-state index contributed by atoms with van der Waals surface area (Å²) in [6.45, 7) is 2.06. The van der Waals surface area contributed by atoms with E-state index in [1.807, 2.05) is 28.9 Å². The lowest BCUT2D eigenvalue weighted by Gasteiger charge is -2.22. The van der Waals surface area contributed by atoms with E-state index < -0.39 is 0 Å². The summed E-state index contributed by atoms with van der Waals surface area (Å²) in [6.07, 6.45) is 1.46. The molecule has 3 N–H and O–H groups in total. The number of aromatic nitrogens is 3. The molecule has 0 aliphatic carbocycles. The molecule has 0 fully saturated rings. The predicted octanol–water partition coefficient (Wildman–Crippen LogP) is 2.03. The molecular weight excluding hydrogens is 264 g/mol. The number of hydrogen-bond acceptors (Lipinski definition) is 5. The SMILES string of the molecule is Cc1ccc(C2N=C(N)Nc3c4cccnc4nn32)cc1. The van der Waals surface area contributed by atoms with E-state index in [0.29, 0.717) is 11.6 Å². The number of benzene rings is 1. The number of fused-ring (bicyclic) bond motifs is 3. The summed E-state index contributed by atoms with van der Waals surface area (Å²) >= 11 is 0. The first-order valence-electron chi connectivity index (χ1n) is 6.72. The lowest BCUT2D eigenvalue weighted by molar-refractivity contribution is 0.546. The Morgan fingerprint density at radius 1 is 1.19 bits per heavy atom. The summed E-state index contributed by atoms with van der Waals surface area (Å²) in [5, 5.41) is 8.57. The minimum atomic E-state index is -0.268. The van der Waals surface area contributed by atoms with Gasteiger partial charge < -0.3 is 11.1 Å². The van der Waals surface area contributed by atoms with Crippen LogP contribution >= 0.6 is 0 Å². The van der Waals surface area contributed by atoms with Crippen molar-refractivity contribution < 1.29 is 0 Å². The molecule has 2 aromatic heterocycles. The fourth-order valence-electron chi connectivity index (χ4n) is 2.53. The summed E-state index contributed by atoms with van der Waals surface area (Å²) in [5.74, 6) is 1.22. The van der Waals surface area contributed by atoms with E-state index in [9.17, 15) is 0 Å². The lowest BCUT2D eigenvalue weighted by atomic mass is 10.1. The van der Waals surface area contributed by atoms with Crippen LogP contribution in [0.1, 0.15) is 17.3 Å². The maximum absolute atomic E-state index is 5.93. The van der Waals surface area contributed by atoms with Crippen molar-refractivity contribution in [3.8, 4) is 0 Å². The van der Waals surface area contributed by atoms with Crippen LogP contribution in [0, 0.1) is 6.92 Å². The Morgan fingerprint density at radius 3 is 2.81 bits per heavy atom. The van der Waals surface area contributed by atoms with E-state index in [1.165, 1.54) is 5.56 Å². The van der Waals surface area contributed by atoms with E-state index in [-0.39, 0.29) is 6.17 Å². The number of guanidine groups is 1. The smallest absolute Gasteiger partial charge is 0.196 e. The average Bonchev–Trinajstić information content (AvgIpc) is 2.86. The van der Waals surface area contributed by atoms with Crippen LogP contribution in [0.4, 0.5) is 5.82 Å². The van der Waals surface area contributed by atoms with Crippen LogP contribution in [0.25, 0.3) is 11.0 Å². The fourth-order valence-corrected chi connectivity index (χ4v) is 2.53. The van der Waals surface area contributed by atoms with Crippen molar-refractivity contribution in [3.63, 3.8) is 0 Å². The number of hydrogen-bond donors (Lipinski definition) is 2. The molecule has 1 aliphatic heterocycles. The number of nitrogens with zero attached hydrogens (tertiary/aromatic N) is 4. The second-order valence-corrected chi connectivity index (χ2v) is 5.09. The van der Waals surface area contributed by atoms with Crippen molar-refractivity contribution in [2.24, 2.45) is 10.7 Å². The molecule has 6 heteroatoms. The van der Waals surface area contributed by atoms with Gasteiger partial charge in [0.05, 0.1) is 5.39 Å². The lowest BCUT2D eigenvalue weighted by Crippen LogP contribution is -2.31. The van der Waals surface area contributed by atoms with Crippen molar-refractivity contribution >= 4 is 22.8 Å². The Bertz CT molecular complexity index is 846. The number of nitrogens with one attached hydrogen (secondary N) is 1. The number of rotatable bonds is 1. The number of anilines is 1. The van der Waals surface area contributed by atoms with Crippen LogP contribution < -0.4 is 11.1 Å². The summed E-state index contributed by atoms with van der Waals surface area (Å²) in [6, 6.07) is 12.1. The largest absolute Gasteiger partial charge is 0.370 e. The molecule has 0 amide bonds. The van der Waals surface area contributed by atoms with Gasteiger partial charge in [-0.15, -0.1) is 5.10 Å². The van der Waals surface area contributed by atoms with Crippen LogP contribution in [0.3, 0.4) is 0 Å². The van der Waals surface area contributed by atoms with Crippen molar-refractivity contribution in [2.45, 2.75) is 13.1 Å². The monoisotopic (exact) mass is 278 g/mol. The van der Waals surface area contributed by atoms with Gasteiger partial charge in [0.1, 0.15) is 5.82 Å². The van der Waals surface area contributed by atoms with Gasteiger partial charge in [0.2, 0.25) is 0 Å². The third kappa shape index (κ3) is 1.84. The molecular formula is C15H14N6. The first kappa shape index (κ1) is 11.9. The zero-order chi connectivity index (χ0) is 14.4. The molecule has 1 aliphatic rings. The number of nitrogens with two attached hydrogens (primary N) is 1. The molecule has 1 atom stereocenters. The summed E-state index contributed by atoms with van der Waals surface area (Å²) < 4.78 is 1.83. The summed E-state index contributed by atoms with van der Waals surface area (Å²) in [4.78, 5) is 8.76. The molecule has 104 valence electrons. The van der Waals surface area contributed by atoms with Gasteiger partial charge in [0.15, 0.2) is 17.8 Å². The molecule has 1 aromatic carbocycles. The van der Waals surface area contributed by atoms with Gasteiger partial charge in [-0.2, -0.15) is 0 Å². The Hall–Kier alpha value is -2.89. The molecule has 0 radical (unpaired) electrons. The van der Waals surface area contributed by atoms with Crippen molar-refractivity contribution in [3.05, 3.63) is 53.7 Å². The molecule has 0 saturated carbocycles. The van der Waals surface area contributed by atoms with Gasteiger partial charge >= 0.3 is 0 Å². The standard InChI is InChI=1S/C15H14N6/c1-9-4-6-10(7-5-9)13-18-15(16)19-14-11-3-2-8-17-12(11)20-21(13)14/h2-8,13H,1H3,(H3,16,18,19). The van der Waals surface area contributed by atoms with Gasteiger partial charge in [-0.25, -0.2) is 14.7 Å². The van der Waals surface area contributed by atoms with Gasteiger partial charge in [-0.3, -0.25) is 0 Å². The van der Waals surface area contributed by atoms with E-state index >= 15 is 0 Å². The van der Waals surface area contributed by atoms with Gasteiger partial charge in [0.25, 0.3) is 0 Å². The maximum Gasteiger partial charge on any atom is 0.196 e. The Morgan fingerprint density at radius 2 is 2.00 bits per heavy atom. The normalized spacial score (nSPS) is 17.2. The first-order valence-corrected chi connectivity index (χ1v) is 6.72. The third-order valence-electron chi connectivity index (χ3n) is 3.59. The highest BCUT2D eigenvalue weighted by Crippen LogP contribution is 2.31. The van der Waals surface area contributed by atoms with Crippen LogP contribution in [-0.4, -0.2) is 20.7 Å². The number of pyridine rings is 1. The first-order chi connectivity index (χ1) is 10.2. The van der Waals surface area contributed by atoms with E-state index in [0.717, 1.165) is 16.8 Å². The topological polar surface area (TPSA) is 81.1 Å². The highest BCUT2D eigenvalue weighted by Gasteiger charge is 2.25. The molecule has 6 nitrogen and oxygen atoms in total. The quantitative estimate of drug-likeness (QED) is 0.713. The summed E-state index contributed by atoms with van der Waals surface area (Å²) in [7, 11) is 0. The van der Waals surface area contributed by atoms with Crippen molar-refractivity contribution in [1.82, 2.24) is 14.8 Å².